The van der Waals surface area contributed by atoms with Crippen LogP contribution in [0.4, 0.5) is 14.0 Å². The van der Waals surface area contributed by atoms with Gasteiger partial charge >= 0.3 is 6.03 Å². The van der Waals surface area contributed by atoms with Crippen LogP contribution in [-0.2, 0) is 9.59 Å². The number of carbonyl (C=O) groups excluding carboxylic acids is 4. The van der Waals surface area contributed by atoms with Crippen LogP contribution in [-0.4, -0.2) is 41.1 Å². The molecule has 0 bridgehead atoms. The van der Waals surface area contributed by atoms with Crippen LogP contribution in [0, 0.1) is 5.82 Å². The van der Waals surface area contributed by atoms with E-state index in [1.807, 2.05) is 6.07 Å². The van der Waals surface area contributed by atoms with E-state index in [4.69, 9.17) is 5.73 Å². The average molecular weight is 535 g/mol. The zero-order chi connectivity index (χ0) is 24.0. The second-order valence-corrected chi connectivity index (χ2v) is 8.96. The molecule has 1 fully saturated rings. The fourth-order valence-corrected chi connectivity index (χ4v) is 4.40. The highest BCUT2D eigenvalue weighted by atomic mass is 79.9. The number of hydrogen-bond acceptors (Lipinski definition) is 5. The first-order chi connectivity index (χ1) is 15.7. The Morgan fingerprint density at radius 1 is 1.18 bits per heavy atom. The van der Waals surface area contributed by atoms with E-state index in [0.717, 1.165) is 21.1 Å². The van der Waals surface area contributed by atoms with Gasteiger partial charge in [-0.1, -0.05) is 40.2 Å². The number of imide groups is 1. The number of nitrogens with one attached hydrogen (secondary N) is 2. The number of urea groups is 1. The molecule has 2 aromatic carbocycles. The van der Waals surface area contributed by atoms with Gasteiger partial charge in [-0.2, -0.15) is 0 Å². The van der Waals surface area contributed by atoms with Crippen LogP contribution in [0.5, 0.6) is 0 Å². The van der Waals surface area contributed by atoms with Gasteiger partial charge in [0.15, 0.2) is 0 Å². The topological polar surface area (TPSA) is 122 Å². The third-order valence-electron chi connectivity index (χ3n) is 4.66. The third-order valence-corrected chi connectivity index (χ3v) is 6.06. The standard InChI is InChI=1S/C22H20BrFN4O4S/c23-15-3-1-2-14(11-15)17(27-21(25)31)12-19(29)26-8-9-28-20(30)18(33-22(28)32)10-13-4-6-16(24)7-5-13/h1-7,10-11,17H,8-9,12H2,(H,26,29)(H3,25,27,31)/b18-10+. The summed E-state index contributed by atoms with van der Waals surface area (Å²) in [5.74, 6) is -1.27. The molecule has 1 heterocycles. The lowest BCUT2D eigenvalue weighted by Gasteiger charge is -2.19. The minimum atomic E-state index is -0.765. The van der Waals surface area contributed by atoms with Crippen LogP contribution in [0.2, 0.25) is 0 Å². The second-order valence-electron chi connectivity index (χ2n) is 7.06. The van der Waals surface area contributed by atoms with E-state index in [1.54, 1.807) is 18.2 Å². The van der Waals surface area contributed by atoms with Crippen LogP contribution in [0.1, 0.15) is 23.6 Å². The van der Waals surface area contributed by atoms with Gasteiger partial charge in [0, 0.05) is 17.6 Å². The summed E-state index contributed by atoms with van der Waals surface area (Å²) in [6.45, 7) is 0.0322. The summed E-state index contributed by atoms with van der Waals surface area (Å²) in [6, 6.07) is 11.2. The number of benzene rings is 2. The second kappa shape index (κ2) is 11.1. The predicted molar refractivity (Wildman–Crippen MR) is 126 cm³/mol. The van der Waals surface area contributed by atoms with E-state index in [2.05, 4.69) is 26.6 Å². The van der Waals surface area contributed by atoms with Gasteiger partial charge in [0.1, 0.15) is 5.82 Å². The summed E-state index contributed by atoms with van der Waals surface area (Å²) in [5.41, 5.74) is 6.52. The normalized spacial score (nSPS) is 15.6. The van der Waals surface area contributed by atoms with E-state index < -0.39 is 29.0 Å². The molecule has 172 valence electrons. The average Bonchev–Trinajstić information content (AvgIpc) is 3.02. The van der Waals surface area contributed by atoms with Crippen molar-refractivity contribution in [2.24, 2.45) is 5.73 Å². The lowest BCUT2D eigenvalue weighted by Crippen LogP contribution is -2.40. The van der Waals surface area contributed by atoms with Gasteiger partial charge in [0.25, 0.3) is 11.1 Å². The first kappa shape index (κ1) is 24.5. The van der Waals surface area contributed by atoms with E-state index in [0.29, 0.717) is 11.1 Å². The van der Waals surface area contributed by atoms with Gasteiger partial charge in [0.2, 0.25) is 5.91 Å². The molecule has 1 aliphatic heterocycles. The Morgan fingerprint density at radius 2 is 1.91 bits per heavy atom. The van der Waals surface area contributed by atoms with Gasteiger partial charge in [-0.3, -0.25) is 19.3 Å². The van der Waals surface area contributed by atoms with Crippen molar-refractivity contribution < 1.29 is 23.6 Å². The Labute approximate surface area is 201 Å². The van der Waals surface area contributed by atoms with Crippen molar-refractivity contribution in [3.05, 3.63) is 74.9 Å². The van der Waals surface area contributed by atoms with Crippen molar-refractivity contribution in [2.45, 2.75) is 12.5 Å². The highest BCUT2D eigenvalue weighted by Crippen LogP contribution is 2.32. The Bertz CT molecular complexity index is 1110. The quantitative estimate of drug-likeness (QED) is 0.447. The van der Waals surface area contributed by atoms with E-state index >= 15 is 0 Å². The number of amides is 5. The maximum absolute atomic E-state index is 13.0. The molecule has 3 rings (SSSR count). The molecule has 0 aromatic heterocycles. The molecule has 2 aromatic rings. The molecule has 8 nitrogen and oxygen atoms in total. The van der Waals surface area contributed by atoms with Crippen molar-refractivity contribution in [3.8, 4) is 0 Å². The molecule has 1 saturated heterocycles. The van der Waals surface area contributed by atoms with Gasteiger partial charge in [-0.15, -0.1) is 0 Å². The number of hydrogen-bond donors (Lipinski definition) is 3. The minimum absolute atomic E-state index is 0.0119. The number of carbonyl (C=O) groups is 4. The van der Waals surface area contributed by atoms with Gasteiger partial charge < -0.3 is 16.4 Å². The summed E-state index contributed by atoms with van der Waals surface area (Å²) in [6.07, 6.45) is 1.44. The fourth-order valence-electron chi connectivity index (χ4n) is 3.12. The first-order valence-corrected chi connectivity index (χ1v) is 11.4. The molecule has 0 saturated carbocycles. The minimum Gasteiger partial charge on any atom is -0.354 e. The molecule has 0 radical (unpaired) electrons. The third kappa shape index (κ3) is 6.90. The number of rotatable bonds is 8. The smallest absolute Gasteiger partial charge is 0.312 e. The van der Waals surface area contributed by atoms with E-state index in [-0.39, 0.29) is 30.3 Å². The Balaban J connectivity index is 1.55. The Kier molecular flexibility index (Phi) is 8.23. The van der Waals surface area contributed by atoms with Crippen LogP contribution < -0.4 is 16.4 Å². The lowest BCUT2D eigenvalue weighted by molar-refractivity contribution is -0.124. The molecule has 4 N–H and O–H groups in total. The van der Waals surface area contributed by atoms with Crippen LogP contribution in [0.3, 0.4) is 0 Å². The highest BCUT2D eigenvalue weighted by molar-refractivity contribution is 9.10. The molecule has 11 heteroatoms. The highest BCUT2D eigenvalue weighted by Gasteiger charge is 2.34. The summed E-state index contributed by atoms with van der Waals surface area (Å²) >= 11 is 4.13. The summed E-state index contributed by atoms with van der Waals surface area (Å²) in [4.78, 5) is 49.8. The number of nitrogens with zero attached hydrogens (tertiary/aromatic N) is 1. The Hall–Kier alpha value is -3.18. The van der Waals surface area contributed by atoms with E-state index in [9.17, 15) is 23.6 Å². The van der Waals surface area contributed by atoms with Crippen molar-refractivity contribution in [1.82, 2.24) is 15.5 Å². The summed E-state index contributed by atoms with van der Waals surface area (Å²) < 4.78 is 13.8. The van der Waals surface area contributed by atoms with Crippen molar-refractivity contribution in [1.29, 1.82) is 0 Å². The molecule has 1 atom stereocenters. The van der Waals surface area contributed by atoms with Crippen molar-refractivity contribution >= 4 is 56.9 Å². The van der Waals surface area contributed by atoms with Gasteiger partial charge in [-0.25, -0.2) is 9.18 Å². The molecule has 5 amide bonds. The van der Waals surface area contributed by atoms with Crippen LogP contribution in [0.25, 0.3) is 6.08 Å². The predicted octanol–water partition coefficient (Wildman–Crippen LogP) is 3.54. The lowest BCUT2D eigenvalue weighted by atomic mass is 10.0. The fraction of sp³-hybridized carbons (Fsp3) is 0.182. The molecule has 1 aliphatic rings. The number of nitrogens with two attached hydrogens (primary N) is 1. The zero-order valence-corrected chi connectivity index (χ0v) is 19.6. The monoisotopic (exact) mass is 534 g/mol. The molecule has 0 aliphatic carbocycles. The largest absolute Gasteiger partial charge is 0.354 e. The van der Waals surface area contributed by atoms with Crippen LogP contribution in [0.15, 0.2) is 57.9 Å². The maximum atomic E-state index is 13.0. The van der Waals surface area contributed by atoms with Gasteiger partial charge in [-0.05, 0) is 53.2 Å². The van der Waals surface area contributed by atoms with Crippen LogP contribution >= 0.6 is 27.7 Å². The first-order valence-electron chi connectivity index (χ1n) is 9.82. The zero-order valence-electron chi connectivity index (χ0n) is 17.2. The van der Waals surface area contributed by atoms with Crippen molar-refractivity contribution in [3.63, 3.8) is 0 Å². The molecule has 1 unspecified atom stereocenters. The number of primary amides is 1. The maximum Gasteiger partial charge on any atom is 0.312 e. The van der Waals surface area contributed by atoms with E-state index in [1.165, 1.54) is 30.3 Å². The molecular weight excluding hydrogens is 515 g/mol. The molecule has 0 spiro atoms. The molecular formula is C22H20BrFN4O4S. The summed E-state index contributed by atoms with van der Waals surface area (Å²) in [7, 11) is 0. The number of halogens is 2. The summed E-state index contributed by atoms with van der Waals surface area (Å²) in [5, 5.41) is 4.73. The van der Waals surface area contributed by atoms with Crippen molar-refractivity contribution in [2.75, 3.05) is 13.1 Å². The van der Waals surface area contributed by atoms with Gasteiger partial charge in [0.05, 0.1) is 17.4 Å². The number of thioether (sulfide) groups is 1. The molecule has 33 heavy (non-hydrogen) atoms. The Morgan fingerprint density at radius 3 is 2.58 bits per heavy atom. The SMILES string of the molecule is NC(=O)NC(CC(=O)NCCN1C(=O)S/C(=C/c2ccc(F)cc2)C1=O)c1cccc(Br)c1.